The standard InChI is InChI=1S/C16H23N3O/c1-4-19-12-15(11-18-19)14(3)17-8-9-20-16-7-5-6-13(2)10-16/h5-7,10-12,14,17H,4,8-9H2,1-3H3. The number of benzene rings is 1. The maximum absolute atomic E-state index is 5.72. The van der Waals surface area contributed by atoms with Crippen LogP contribution >= 0.6 is 0 Å². The molecule has 1 aromatic carbocycles. The third-order valence-electron chi connectivity index (χ3n) is 3.29. The van der Waals surface area contributed by atoms with Crippen molar-refractivity contribution in [3.8, 4) is 5.75 Å². The molecule has 0 fully saturated rings. The van der Waals surface area contributed by atoms with Gasteiger partial charge in [-0.3, -0.25) is 4.68 Å². The van der Waals surface area contributed by atoms with Crippen LogP contribution in [0, 0.1) is 6.92 Å². The molecule has 108 valence electrons. The molecule has 2 aromatic rings. The molecule has 0 saturated heterocycles. The third kappa shape index (κ3) is 4.10. The van der Waals surface area contributed by atoms with Gasteiger partial charge in [0.25, 0.3) is 0 Å². The number of nitrogens with one attached hydrogen (secondary N) is 1. The highest BCUT2D eigenvalue weighted by atomic mass is 16.5. The van der Waals surface area contributed by atoms with Crippen LogP contribution in [0.5, 0.6) is 5.75 Å². The summed E-state index contributed by atoms with van der Waals surface area (Å²) in [5, 5.41) is 7.73. The summed E-state index contributed by atoms with van der Waals surface area (Å²) < 4.78 is 7.66. The van der Waals surface area contributed by atoms with Gasteiger partial charge in [0.1, 0.15) is 12.4 Å². The van der Waals surface area contributed by atoms with Crippen LogP contribution < -0.4 is 10.1 Å². The average molecular weight is 273 g/mol. The monoisotopic (exact) mass is 273 g/mol. The predicted molar refractivity (Wildman–Crippen MR) is 81.0 cm³/mol. The van der Waals surface area contributed by atoms with Gasteiger partial charge in [0.05, 0.1) is 6.20 Å². The molecule has 0 saturated carbocycles. The Morgan fingerprint density at radius 3 is 2.95 bits per heavy atom. The van der Waals surface area contributed by atoms with E-state index < -0.39 is 0 Å². The molecule has 1 aromatic heterocycles. The Labute approximate surface area is 120 Å². The van der Waals surface area contributed by atoms with Crippen molar-refractivity contribution in [3.05, 3.63) is 47.8 Å². The lowest BCUT2D eigenvalue weighted by atomic mass is 10.2. The Bertz CT molecular complexity index is 536. The number of nitrogens with zero attached hydrogens (tertiary/aromatic N) is 2. The van der Waals surface area contributed by atoms with Crippen LogP contribution in [-0.4, -0.2) is 22.9 Å². The summed E-state index contributed by atoms with van der Waals surface area (Å²) in [6.07, 6.45) is 4.00. The van der Waals surface area contributed by atoms with Crippen LogP contribution in [-0.2, 0) is 6.54 Å². The molecule has 1 heterocycles. The summed E-state index contributed by atoms with van der Waals surface area (Å²) in [5.74, 6) is 0.929. The Morgan fingerprint density at radius 1 is 1.40 bits per heavy atom. The molecule has 4 nitrogen and oxygen atoms in total. The molecule has 0 aliphatic carbocycles. The lowest BCUT2D eigenvalue weighted by Crippen LogP contribution is -2.24. The fourth-order valence-corrected chi connectivity index (χ4v) is 2.04. The highest BCUT2D eigenvalue weighted by Gasteiger charge is 2.06. The van der Waals surface area contributed by atoms with Gasteiger partial charge in [-0.25, -0.2) is 0 Å². The summed E-state index contributed by atoms with van der Waals surface area (Å²) in [6, 6.07) is 8.41. The van der Waals surface area contributed by atoms with Gasteiger partial charge in [0.2, 0.25) is 0 Å². The van der Waals surface area contributed by atoms with Crippen molar-refractivity contribution < 1.29 is 4.74 Å². The van der Waals surface area contributed by atoms with Crippen LogP contribution in [0.2, 0.25) is 0 Å². The average Bonchev–Trinajstić information content (AvgIpc) is 2.92. The summed E-state index contributed by atoms with van der Waals surface area (Å²) in [4.78, 5) is 0. The van der Waals surface area contributed by atoms with E-state index in [9.17, 15) is 0 Å². The van der Waals surface area contributed by atoms with E-state index in [1.165, 1.54) is 11.1 Å². The van der Waals surface area contributed by atoms with Gasteiger partial charge >= 0.3 is 0 Å². The Hall–Kier alpha value is -1.81. The van der Waals surface area contributed by atoms with Gasteiger partial charge in [-0.15, -0.1) is 0 Å². The van der Waals surface area contributed by atoms with Gasteiger partial charge in [-0.1, -0.05) is 12.1 Å². The molecular weight excluding hydrogens is 250 g/mol. The molecule has 0 radical (unpaired) electrons. The summed E-state index contributed by atoms with van der Waals surface area (Å²) in [6.45, 7) is 8.68. The Balaban J connectivity index is 1.73. The minimum absolute atomic E-state index is 0.288. The number of ether oxygens (including phenoxy) is 1. The van der Waals surface area contributed by atoms with Crippen LogP contribution in [0.3, 0.4) is 0 Å². The first-order chi connectivity index (χ1) is 9.69. The maximum Gasteiger partial charge on any atom is 0.119 e. The molecule has 1 unspecified atom stereocenters. The number of hydrogen-bond acceptors (Lipinski definition) is 3. The number of aromatic nitrogens is 2. The van der Waals surface area contributed by atoms with Gasteiger partial charge in [-0.2, -0.15) is 5.10 Å². The van der Waals surface area contributed by atoms with Gasteiger partial charge < -0.3 is 10.1 Å². The normalized spacial score (nSPS) is 12.3. The quantitative estimate of drug-likeness (QED) is 0.788. The smallest absolute Gasteiger partial charge is 0.119 e. The predicted octanol–water partition coefficient (Wildman–Crippen LogP) is 2.94. The zero-order valence-corrected chi connectivity index (χ0v) is 12.5. The lowest BCUT2D eigenvalue weighted by molar-refractivity contribution is 0.307. The van der Waals surface area contributed by atoms with Crippen molar-refractivity contribution in [2.75, 3.05) is 13.2 Å². The topological polar surface area (TPSA) is 39.1 Å². The Morgan fingerprint density at radius 2 is 2.25 bits per heavy atom. The van der Waals surface area contributed by atoms with E-state index in [1.54, 1.807) is 0 Å². The molecule has 1 N–H and O–H groups in total. The molecule has 0 amide bonds. The largest absolute Gasteiger partial charge is 0.492 e. The van der Waals surface area contributed by atoms with Crippen molar-refractivity contribution in [1.29, 1.82) is 0 Å². The fourth-order valence-electron chi connectivity index (χ4n) is 2.04. The minimum atomic E-state index is 0.288. The van der Waals surface area contributed by atoms with Gasteiger partial charge in [0.15, 0.2) is 0 Å². The van der Waals surface area contributed by atoms with Crippen molar-refractivity contribution in [3.63, 3.8) is 0 Å². The molecule has 0 aliphatic heterocycles. The van der Waals surface area contributed by atoms with Crippen molar-refractivity contribution in [2.45, 2.75) is 33.4 Å². The van der Waals surface area contributed by atoms with Crippen LogP contribution in [0.4, 0.5) is 0 Å². The highest BCUT2D eigenvalue weighted by Crippen LogP contribution is 2.13. The van der Waals surface area contributed by atoms with E-state index in [0.717, 1.165) is 18.8 Å². The van der Waals surface area contributed by atoms with Crippen molar-refractivity contribution in [2.24, 2.45) is 0 Å². The second-order valence-electron chi connectivity index (χ2n) is 4.97. The number of rotatable bonds is 7. The van der Waals surface area contributed by atoms with Crippen molar-refractivity contribution in [1.82, 2.24) is 15.1 Å². The first-order valence-corrected chi connectivity index (χ1v) is 7.14. The molecule has 2 rings (SSSR count). The lowest BCUT2D eigenvalue weighted by Gasteiger charge is -2.13. The fraction of sp³-hybridized carbons (Fsp3) is 0.438. The molecule has 0 aliphatic rings. The zero-order chi connectivity index (χ0) is 14.4. The SMILES string of the molecule is CCn1cc(C(C)NCCOc2cccc(C)c2)cn1. The van der Waals surface area contributed by atoms with E-state index >= 15 is 0 Å². The van der Waals surface area contributed by atoms with Crippen molar-refractivity contribution >= 4 is 0 Å². The van der Waals surface area contributed by atoms with Gasteiger partial charge in [0, 0.05) is 30.9 Å². The third-order valence-corrected chi connectivity index (χ3v) is 3.29. The van der Waals surface area contributed by atoms with E-state index in [2.05, 4.69) is 49.5 Å². The zero-order valence-electron chi connectivity index (χ0n) is 12.5. The molecule has 0 bridgehead atoms. The first kappa shape index (κ1) is 14.6. The van der Waals surface area contributed by atoms with E-state index in [4.69, 9.17) is 4.74 Å². The van der Waals surface area contributed by atoms with E-state index in [-0.39, 0.29) is 6.04 Å². The minimum Gasteiger partial charge on any atom is -0.492 e. The Kier molecular flexibility index (Phi) is 5.18. The maximum atomic E-state index is 5.72. The van der Waals surface area contributed by atoms with E-state index in [0.29, 0.717) is 6.61 Å². The molecule has 20 heavy (non-hydrogen) atoms. The summed E-state index contributed by atoms with van der Waals surface area (Å²) in [5.41, 5.74) is 2.43. The second kappa shape index (κ2) is 7.10. The number of aryl methyl sites for hydroxylation is 2. The van der Waals surface area contributed by atoms with Crippen LogP contribution in [0.25, 0.3) is 0 Å². The first-order valence-electron chi connectivity index (χ1n) is 7.14. The second-order valence-corrected chi connectivity index (χ2v) is 4.97. The van der Waals surface area contributed by atoms with Crippen LogP contribution in [0.15, 0.2) is 36.7 Å². The van der Waals surface area contributed by atoms with Crippen LogP contribution in [0.1, 0.15) is 31.0 Å². The summed E-state index contributed by atoms with van der Waals surface area (Å²) >= 11 is 0. The van der Waals surface area contributed by atoms with Gasteiger partial charge in [-0.05, 0) is 38.5 Å². The summed E-state index contributed by atoms with van der Waals surface area (Å²) in [7, 11) is 0. The highest BCUT2D eigenvalue weighted by molar-refractivity contribution is 5.27. The molecule has 0 spiro atoms. The molecule has 4 heteroatoms. The number of hydrogen-bond donors (Lipinski definition) is 1. The van der Waals surface area contributed by atoms with E-state index in [1.807, 2.05) is 23.0 Å². The molecule has 1 atom stereocenters. The molecular formula is C16H23N3O.